The summed E-state index contributed by atoms with van der Waals surface area (Å²) in [5, 5.41) is 2.54. The minimum absolute atomic E-state index is 0.100. The quantitative estimate of drug-likeness (QED) is 0.829. The minimum Gasteiger partial charge on any atom is -0.325 e. The highest BCUT2D eigenvalue weighted by Gasteiger charge is 2.30. The van der Waals surface area contributed by atoms with E-state index in [1.807, 2.05) is 49.1 Å². The summed E-state index contributed by atoms with van der Waals surface area (Å²) < 4.78 is 38.2. The van der Waals surface area contributed by atoms with Gasteiger partial charge in [0.25, 0.3) is 0 Å². The van der Waals surface area contributed by atoms with Gasteiger partial charge in [0.05, 0.1) is 12.1 Å². The van der Waals surface area contributed by atoms with Crippen LogP contribution in [0.15, 0.2) is 54.6 Å². The van der Waals surface area contributed by atoms with E-state index < -0.39 is 11.7 Å². The van der Waals surface area contributed by atoms with Gasteiger partial charge < -0.3 is 5.32 Å². The fourth-order valence-electron chi connectivity index (χ4n) is 2.40. The fourth-order valence-corrected chi connectivity index (χ4v) is 2.40. The molecule has 0 saturated heterocycles. The van der Waals surface area contributed by atoms with Crippen molar-refractivity contribution in [3.05, 3.63) is 65.7 Å². The summed E-state index contributed by atoms with van der Waals surface area (Å²) in [6, 6.07) is 14.5. The smallest absolute Gasteiger partial charge is 0.325 e. The molecule has 0 bridgehead atoms. The van der Waals surface area contributed by atoms with Gasteiger partial charge in [-0.3, -0.25) is 9.69 Å². The average molecular weight is 350 g/mol. The molecule has 0 aromatic heterocycles. The number of carbonyl (C=O) groups excluding carboxylic acids is 1. The fraction of sp³-hybridized carbons (Fsp3) is 0.316. The molecule has 2 aromatic carbocycles. The molecule has 0 fully saturated rings. The van der Waals surface area contributed by atoms with Crippen molar-refractivity contribution in [1.29, 1.82) is 0 Å². The van der Waals surface area contributed by atoms with Crippen LogP contribution in [0.1, 0.15) is 25.0 Å². The molecule has 0 aliphatic carbocycles. The Morgan fingerprint density at radius 3 is 2.36 bits per heavy atom. The number of anilines is 1. The van der Waals surface area contributed by atoms with E-state index in [9.17, 15) is 18.0 Å². The number of benzene rings is 2. The van der Waals surface area contributed by atoms with Crippen molar-refractivity contribution in [1.82, 2.24) is 4.90 Å². The summed E-state index contributed by atoms with van der Waals surface area (Å²) >= 11 is 0. The zero-order chi connectivity index (χ0) is 18.4. The second-order valence-electron chi connectivity index (χ2n) is 6.11. The van der Waals surface area contributed by atoms with E-state index in [2.05, 4.69) is 5.32 Å². The van der Waals surface area contributed by atoms with E-state index in [1.54, 1.807) is 0 Å². The van der Waals surface area contributed by atoms with Gasteiger partial charge in [0.2, 0.25) is 5.91 Å². The number of carbonyl (C=O) groups is 1. The molecule has 3 nitrogen and oxygen atoms in total. The molecule has 6 heteroatoms. The lowest BCUT2D eigenvalue weighted by Gasteiger charge is -2.26. The maximum Gasteiger partial charge on any atom is 0.416 e. The minimum atomic E-state index is -4.43. The third-order valence-corrected chi connectivity index (χ3v) is 3.78. The van der Waals surface area contributed by atoms with Crippen LogP contribution in [0.5, 0.6) is 0 Å². The maximum atomic E-state index is 12.7. The first-order valence-corrected chi connectivity index (χ1v) is 8.01. The number of hydrogen-bond acceptors (Lipinski definition) is 2. The molecule has 1 N–H and O–H groups in total. The number of rotatable bonds is 6. The van der Waals surface area contributed by atoms with Crippen LogP contribution in [-0.2, 0) is 17.5 Å². The van der Waals surface area contributed by atoms with Gasteiger partial charge in [0.15, 0.2) is 0 Å². The van der Waals surface area contributed by atoms with Crippen molar-refractivity contribution in [3.8, 4) is 0 Å². The van der Waals surface area contributed by atoms with Crippen molar-refractivity contribution >= 4 is 11.6 Å². The number of alkyl halides is 3. The lowest BCUT2D eigenvalue weighted by Crippen LogP contribution is -2.37. The first-order valence-electron chi connectivity index (χ1n) is 8.01. The first kappa shape index (κ1) is 19.0. The molecule has 25 heavy (non-hydrogen) atoms. The molecule has 0 radical (unpaired) electrons. The van der Waals surface area contributed by atoms with Crippen LogP contribution >= 0.6 is 0 Å². The normalized spacial score (nSPS) is 11.8. The number of nitrogens with zero attached hydrogens (tertiary/aromatic N) is 1. The van der Waals surface area contributed by atoms with Gasteiger partial charge in [-0.1, -0.05) is 36.4 Å². The van der Waals surface area contributed by atoms with E-state index in [0.717, 1.165) is 17.7 Å². The summed E-state index contributed by atoms with van der Waals surface area (Å²) in [6.07, 6.45) is -4.43. The van der Waals surface area contributed by atoms with Crippen LogP contribution < -0.4 is 5.32 Å². The Morgan fingerprint density at radius 1 is 1.08 bits per heavy atom. The number of nitrogens with one attached hydrogen (secondary N) is 1. The molecule has 2 aromatic rings. The predicted molar refractivity (Wildman–Crippen MR) is 92.1 cm³/mol. The molecule has 0 aliphatic rings. The zero-order valence-electron chi connectivity index (χ0n) is 14.2. The van der Waals surface area contributed by atoms with Crippen LogP contribution in [0.3, 0.4) is 0 Å². The zero-order valence-corrected chi connectivity index (χ0v) is 14.2. The van der Waals surface area contributed by atoms with Gasteiger partial charge in [-0.05, 0) is 37.6 Å². The Hall–Kier alpha value is -2.34. The average Bonchev–Trinajstić information content (AvgIpc) is 2.54. The molecule has 134 valence electrons. The van der Waals surface area contributed by atoms with Gasteiger partial charge in [0, 0.05) is 18.3 Å². The van der Waals surface area contributed by atoms with E-state index >= 15 is 0 Å². The van der Waals surface area contributed by atoms with Crippen molar-refractivity contribution in [2.24, 2.45) is 0 Å². The maximum absolute atomic E-state index is 12.7. The third kappa shape index (κ3) is 5.90. The Kier molecular flexibility index (Phi) is 6.20. The Balaban J connectivity index is 2.02. The SMILES string of the molecule is CC(C)N(CC(=O)Nc1cccc(C(F)(F)F)c1)Cc1ccccc1. The van der Waals surface area contributed by atoms with Crippen molar-refractivity contribution in [2.75, 3.05) is 11.9 Å². The van der Waals surface area contributed by atoms with Gasteiger partial charge in [-0.15, -0.1) is 0 Å². The Bertz CT molecular complexity index is 699. The van der Waals surface area contributed by atoms with Gasteiger partial charge in [0.1, 0.15) is 0 Å². The largest absolute Gasteiger partial charge is 0.416 e. The van der Waals surface area contributed by atoms with Gasteiger partial charge in [-0.25, -0.2) is 0 Å². The third-order valence-electron chi connectivity index (χ3n) is 3.78. The monoisotopic (exact) mass is 350 g/mol. The van der Waals surface area contributed by atoms with Crippen LogP contribution in [0, 0.1) is 0 Å². The number of amides is 1. The van der Waals surface area contributed by atoms with E-state index in [1.165, 1.54) is 12.1 Å². The molecule has 2 rings (SSSR count). The molecule has 1 amide bonds. The highest BCUT2D eigenvalue weighted by atomic mass is 19.4. The first-order chi connectivity index (χ1) is 11.8. The van der Waals surface area contributed by atoms with Gasteiger partial charge >= 0.3 is 6.18 Å². The van der Waals surface area contributed by atoms with Gasteiger partial charge in [-0.2, -0.15) is 13.2 Å². The molecule has 0 atom stereocenters. The van der Waals surface area contributed by atoms with Crippen LogP contribution in [0.25, 0.3) is 0 Å². The summed E-state index contributed by atoms with van der Waals surface area (Å²) in [5.41, 5.74) is 0.432. The van der Waals surface area contributed by atoms with Crippen LogP contribution in [0.2, 0.25) is 0 Å². The summed E-state index contributed by atoms with van der Waals surface area (Å²) in [7, 11) is 0. The topological polar surface area (TPSA) is 32.3 Å². The van der Waals surface area contributed by atoms with E-state index in [4.69, 9.17) is 0 Å². The van der Waals surface area contributed by atoms with E-state index in [0.29, 0.717) is 6.54 Å². The molecule has 0 aliphatic heterocycles. The summed E-state index contributed by atoms with van der Waals surface area (Å²) in [4.78, 5) is 14.2. The highest BCUT2D eigenvalue weighted by Crippen LogP contribution is 2.30. The molecule has 0 unspecified atom stereocenters. The van der Waals surface area contributed by atoms with Crippen LogP contribution in [0.4, 0.5) is 18.9 Å². The second-order valence-corrected chi connectivity index (χ2v) is 6.11. The number of halogens is 3. The molecular weight excluding hydrogens is 329 g/mol. The van der Waals surface area contributed by atoms with Crippen molar-refractivity contribution in [3.63, 3.8) is 0 Å². The molecule has 0 saturated carbocycles. The van der Waals surface area contributed by atoms with Crippen LogP contribution in [-0.4, -0.2) is 23.4 Å². The molecular formula is C19H21F3N2O. The second kappa shape index (κ2) is 8.16. The highest BCUT2D eigenvalue weighted by molar-refractivity contribution is 5.92. The standard InChI is InChI=1S/C19H21F3N2O/c1-14(2)24(12-15-7-4-3-5-8-15)13-18(25)23-17-10-6-9-16(11-17)19(20,21)22/h3-11,14H,12-13H2,1-2H3,(H,23,25). The molecule has 0 heterocycles. The predicted octanol–water partition coefficient (Wildman–Crippen LogP) is 4.55. The molecule has 0 spiro atoms. The lowest BCUT2D eigenvalue weighted by atomic mass is 10.2. The Labute approximate surface area is 145 Å². The van der Waals surface area contributed by atoms with Crippen molar-refractivity contribution in [2.45, 2.75) is 32.6 Å². The van der Waals surface area contributed by atoms with Crippen molar-refractivity contribution < 1.29 is 18.0 Å². The van der Waals surface area contributed by atoms with E-state index in [-0.39, 0.29) is 24.2 Å². The summed E-state index contributed by atoms with van der Waals surface area (Å²) in [6.45, 7) is 4.64. The number of hydrogen-bond donors (Lipinski definition) is 1. The summed E-state index contributed by atoms with van der Waals surface area (Å²) in [5.74, 6) is -0.344. The lowest BCUT2D eigenvalue weighted by molar-refractivity contribution is -0.137. The Morgan fingerprint density at radius 2 is 1.76 bits per heavy atom.